The van der Waals surface area contributed by atoms with E-state index in [0.717, 1.165) is 5.56 Å². The molecule has 0 aliphatic carbocycles. The van der Waals surface area contributed by atoms with Gasteiger partial charge in [0.15, 0.2) is 0 Å². The van der Waals surface area contributed by atoms with Gasteiger partial charge in [-0.15, -0.1) is 0 Å². The third-order valence-corrected chi connectivity index (χ3v) is 4.29. The van der Waals surface area contributed by atoms with Crippen molar-refractivity contribution in [1.82, 2.24) is 4.90 Å². The molecule has 1 amide bonds. The number of carboxylic acids is 2. The van der Waals surface area contributed by atoms with Crippen molar-refractivity contribution in [2.24, 2.45) is 5.92 Å². The molecule has 0 spiro atoms. The molecule has 2 N–H and O–H groups in total. The Labute approximate surface area is 139 Å². The van der Waals surface area contributed by atoms with Gasteiger partial charge in [-0.2, -0.15) is 0 Å². The minimum atomic E-state index is -0.943. The number of nitrogens with zero attached hydrogens (tertiary/aromatic N) is 1. The monoisotopic (exact) mass is 335 g/mol. The maximum atomic E-state index is 12.2. The summed E-state index contributed by atoms with van der Waals surface area (Å²) in [5.41, 5.74) is 0.822. The van der Waals surface area contributed by atoms with Crippen molar-refractivity contribution in [2.75, 3.05) is 20.2 Å². The lowest BCUT2D eigenvalue weighted by atomic mass is 9.89. The first-order valence-electron chi connectivity index (χ1n) is 7.78. The summed E-state index contributed by atoms with van der Waals surface area (Å²) < 4.78 is 5.18. The number of aliphatic carboxylic acids is 2. The molecule has 0 unspecified atom stereocenters. The molecule has 1 aromatic carbocycles. The van der Waals surface area contributed by atoms with Gasteiger partial charge in [0.2, 0.25) is 5.91 Å². The van der Waals surface area contributed by atoms with E-state index in [2.05, 4.69) is 0 Å². The average molecular weight is 335 g/mol. The molecular weight excluding hydrogens is 314 g/mol. The summed E-state index contributed by atoms with van der Waals surface area (Å²) in [7, 11) is 1.54. The molecule has 0 aromatic heterocycles. The van der Waals surface area contributed by atoms with Gasteiger partial charge in [0.05, 0.1) is 13.0 Å². The van der Waals surface area contributed by atoms with E-state index in [1.165, 1.54) is 4.90 Å². The Hall–Kier alpha value is -2.57. The van der Waals surface area contributed by atoms with Crippen LogP contribution in [-0.2, 0) is 14.4 Å². The Morgan fingerprint density at radius 2 is 1.96 bits per heavy atom. The van der Waals surface area contributed by atoms with E-state index in [0.29, 0.717) is 12.3 Å². The van der Waals surface area contributed by atoms with Crippen molar-refractivity contribution in [3.8, 4) is 5.75 Å². The Morgan fingerprint density at radius 1 is 1.21 bits per heavy atom. The Balaban J connectivity index is 2.09. The van der Waals surface area contributed by atoms with Gasteiger partial charge in [0.1, 0.15) is 5.75 Å². The second kappa shape index (κ2) is 7.81. The lowest BCUT2D eigenvalue weighted by molar-refractivity contribution is -0.142. The van der Waals surface area contributed by atoms with Gasteiger partial charge in [-0.05, 0) is 24.1 Å². The fourth-order valence-corrected chi connectivity index (χ4v) is 3.02. The molecule has 1 fully saturated rings. The van der Waals surface area contributed by atoms with Crippen LogP contribution in [0.4, 0.5) is 0 Å². The number of methoxy groups -OCH3 is 1. The first kappa shape index (κ1) is 17.8. The second-order valence-corrected chi connectivity index (χ2v) is 5.87. The van der Waals surface area contributed by atoms with Crippen LogP contribution in [0.25, 0.3) is 0 Å². The van der Waals surface area contributed by atoms with Gasteiger partial charge in [0.25, 0.3) is 0 Å². The van der Waals surface area contributed by atoms with E-state index in [-0.39, 0.29) is 37.6 Å². The minimum Gasteiger partial charge on any atom is -0.497 e. The largest absolute Gasteiger partial charge is 0.497 e. The Morgan fingerprint density at radius 3 is 2.58 bits per heavy atom. The maximum Gasteiger partial charge on any atom is 0.308 e. The van der Waals surface area contributed by atoms with E-state index in [4.69, 9.17) is 9.84 Å². The Bertz CT molecular complexity index is 629. The first-order valence-corrected chi connectivity index (χ1v) is 7.78. The lowest BCUT2D eigenvalue weighted by Gasteiger charge is -2.17. The summed E-state index contributed by atoms with van der Waals surface area (Å²) in [6.45, 7) is 0.457. The van der Waals surface area contributed by atoms with Crippen molar-refractivity contribution in [2.45, 2.75) is 25.2 Å². The molecule has 0 saturated carbocycles. The highest BCUT2D eigenvalue weighted by atomic mass is 16.5. The van der Waals surface area contributed by atoms with E-state index in [1.807, 2.05) is 6.07 Å². The van der Waals surface area contributed by atoms with Crippen LogP contribution in [0, 0.1) is 5.92 Å². The predicted molar refractivity (Wildman–Crippen MR) is 84.9 cm³/mol. The summed E-state index contributed by atoms with van der Waals surface area (Å²) in [5.74, 6) is -2.43. The standard InChI is InChI=1S/C17H21NO6/c1-24-12-5-2-4-11(8-12)13-9-18(10-14(13)17(22)23)15(19)6-3-7-16(20)21/h2,4-5,8,13-14H,3,6-7,9-10H2,1H3,(H,20,21)(H,22,23)/t13-,14+/m0/s1. The molecule has 130 valence electrons. The maximum absolute atomic E-state index is 12.2. The highest BCUT2D eigenvalue weighted by molar-refractivity contribution is 5.80. The molecule has 1 heterocycles. The number of carboxylic acid groups (broad SMARTS) is 2. The van der Waals surface area contributed by atoms with E-state index in [1.54, 1.807) is 25.3 Å². The van der Waals surface area contributed by atoms with E-state index >= 15 is 0 Å². The SMILES string of the molecule is COc1cccc([C@@H]2CN(C(=O)CCCC(=O)O)C[C@H]2C(=O)O)c1. The summed E-state index contributed by atoms with van der Waals surface area (Å²) in [6.07, 6.45) is 0.303. The molecule has 1 saturated heterocycles. The molecule has 0 bridgehead atoms. The van der Waals surface area contributed by atoms with Gasteiger partial charge in [-0.25, -0.2) is 0 Å². The fraction of sp³-hybridized carbons (Fsp3) is 0.471. The third-order valence-electron chi connectivity index (χ3n) is 4.29. The zero-order valence-electron chi connectivity index (χ0n) is 13.5. The van der Waals surface area contributed by atoms with Crippen LogP contribution in [0.15, 0.2) is 24.3 Å². The quantitative estimate of drug-likeness (QED) is 0.784. The summed E-state index contributed by atoms with van der Waals surface area (Å²) in [6, 6.07) is 7.20. The van der Waals surface area contributed by atoms with Gasteiger partial charge < -0.3 is 19.8 Å². The fourth-order valence-electron chi connectivity index (χ4n) is 3.02. The Kier molecular flexibility index (Phi) is 5.78. The molecule has 2 rings (SSSR count). The topological polar surface area (TPSA) is 104 Å². The van der Waals surface area contributed by atoms with Crippen molar-refractivity contribution >= 4 is 17.8 Å². The molecule has 1 aliphatic rings. The number of likely N-dealkylation sites (tertiary alicyclic amines) is 1. The van der Waals surface area contributed by atoms with Crippen LogP contribution in [0.1, 0.15) is 30.7 Å². The van der Waals surface area contributed by atoms with Gasteiger partial charge in [-0.1, -0.05) is 12.1 Å². The molecule has 1 aliphatic heterocycles. The zero-order valence-corrected chi connectivity index (χ0v) is 13.5. The van der Waals surface area contributed by atoms with Crippen LogP contribution in [-0.4, -0.2) is 53.2 Å². The van der Waals surface area contributed by atoms with Gasteiger partial charge >= 0.3 is 11.9 Å². The van der Waals surface area contributed by atoms with Gasteiger partial charge in [-0.3, -0.25) is 14.4 Å². The normalized spacial score (nSPS) is 20.0. The molecule has 7 nitrogen and oxygen atoms in total. The van der Waals surface area contributed by atoms with Crippen LogP contribution in [0.2, 0.25) is 0 Å². The lowest BCUT2D eigenvalue weighted by Crippen LogP contribution is -2.29. The van der Waals surface area contributed by atoms with E-state index < -0.39 is 17.9 Å². The van der Waals surface area contributed by atoms with Crippen LogP contribution >= 0.6 is 0 Å². The van der Waals surface area contributed by atoms with Crippen LogP contribution in [0.3, 0.4) is 0 Å². The van der Waals surface area contributed by atoms with Crippen molar-refractivity contribution in [1.29, 1.82) is 0 Å². The highest BCUT2D eigenvalue weighted by Gasteiger charge is 2.40. The zero-order chi connectivity index (χ0) is 17.7. The number of rotatable bonds is 7. The minimum absolute atomic E-state index is 0.0682. The number of benzene rings is 1. The first-order chi connectivity index (χ1) is 11.4. The van der Waals surface area contributed by atoms with Crippen molar-refractivity contribution in [3.63, 3.8) is 0 Å². The summed E-state index contributed by atoms with van der Waals surface area (Å²) >= 11 is 0. The van der Waals surface area contributed by atoms with Crippen LogP contribution in [0.5, 0.6) is 5.75 Å². The summed E-state index contributed by atoms with van der Waals surface area (Å²) in [4.78, 5) is 35.8. The second-order valence-electron chi connectivity index (χ2n) is 5.87. The number of carbonyl (C=O) groups is 3. The number of carbonyl (C=O) groups excluding carboxylic acids is 1. The third kappa shape index (κ3) is 4.24. The molecule has 2 atom stereocenters. The molecule has 24 heavy (non-hydrogen) atoms. The summed E-state index contributed by atoms with van der Waals surface area (Å²) in [5, 5.41) is 18.1. The highest BCUT2D eigenvalue weighted by Crippen LogP contribution is 2.34. The molecular formula is C17H21NO6. The molecule has 7 heteroatoms. The molecule has 0 radical (unpaired) electrons. The van der Waals surface area contributed by atoms with Gasteiger partial charge in [0, 0.05) is 31.8 Å². The van der Waals surface area contributed by atoms with Crippen molar-refractivity contribution in [3.05, 3.63) is 29.8 Å². The molecule has 1 aromatic rings. The smallest absolute Gasteiger partial charge is 0.308 e. The van der Waals surface area contributed by atoms with Crippen LogP contribution < -0.4 is 4.74 Å². The number of ether oxygens (including phenoxy) is 1. The number of amides is 1. The number of hydrogen-bond acceptors (Lipinski definition) is 4. The van der Waals surface area contributed by atoms with E-state index in [9.17, 15) is 19.5 Å². The predicted octanol–water partition coefficient (Wildman–Crippen LogP) is 1.58. The number of hydrogen-bond donors (Lipinski definition) is 2. The van der Waals surface area contributed by atoms with Crippen molar-refractivity contribution < 1.29 is 29.3 Å². The average Bonchev–Trinajstić information content (AvgIpc) is 3.00.